The van der Waals surface area contributed by atoms with Crippen LogP contribution in [0.5, 0.6) is 0 Å². The summed E-state index contributed by atoms with van der Waals surface area (Å²) < 4.78 is 8.76. The van der Waals surface area contributed by atoms with Gasteiger partial charge in [-0.05, 0) is 64.4 Å². The van der Waals surface area contributed by atoms with Crippen LogP contribution in [0.3, 0.4) is 0 Å². The summed E-state index contributed by atoms with van der Waals surface area (Å²) in [6.07, 6.45) is 0. The number of benzene rings is 7. The van der Waals surface area contributed by atoms with Gasteiger partial charge < -0.3 is 14.3 Å². The van der Waals surface area contributed by atoms with Crippen molar-refractivity contribution < 1.29 is 4.42 Å². The highest BCUT2D eigenvalue weighted by atomic mass is 16.3. The molecule has 4 heteroatoms. The third-order valence-electron chi connectivity index (χ3n) is 9.43. The maximum atomic E-state index is 6.38. The van der Waals surface area contributed by atoms with Crippen LogP contribution in [0.2, 0.25) is 0 Å². The Morgan fingerprint density at radius 1 is 0.565 bits per heavy atom. The number of nitrogens with zero attached hydrogens (tertiary/aromatic N) is 2. The number of nitrogens with one attached hydrogen (secondary N) is 1. The molecule has 0 bridgehead atoms. The van der Waals surface area contributed by atoms with Crippen LogP contribution in [0.4, 0.5) is 11.4 Å². The lowest BCUT2D eigenvalue weighted by atomic mass is 9.94. The lowest BCUT2D eigenvalue weighted by Gasteiger charge is -2.28. The van der Waals surface area contributed by atoms with Gasteiger partial charge in [0.25, 0.3) is 0 Å². The van der Waals surface area contributed by atoms with E-state index in [0.29, 0.717) is 0 Å². The molecule has 216 valence electrons. The van der Waals surface area contributed by atoms with Crippen LogP contribution in [-0.2, 0) is 0 Å². The van der Waals surface area contributed by atoms with Gasteiger partial charge >= 0.3 is 0 Å². The van der Waals surface area contributed by atoms with Crippen molar-refractivity contribution in [2.45, 2.75) is 6.04 Å². The van der Waals surface area contributed by atoms with Gasteiger partial charge in [0.2, 0.25) is 0 Å². The summed E-state index contributed by atoms with van der Waals surface area (Å²) in [6.45, 7) is 0. The zero-order chi connectivity index (χ0) is 30.2. The molecule has 0 aliphatic carbocycles. The zero-order valence-corrected chi connectivity index (χ0v) is 24.8. The van der Waals surface area contributed by atoms with Crippen molar-refractivity contribution in [3.05, 3.63) is 163 Å². The summed E-state index contributed by atoms with van der Waals surface area (Å²) in [5.74, 6) is 0. The lowest BCUT2D eigenvalue weighted by molar-refractivity contribution is 0.669. The van der Waals surface area contributed by atoms with Crippen LogP contribution >= 0.6 is 0 Å². The van der Waals surface area contributed by atoms with Gasteiger partial charge in [0.05, 0.1) is 34.2 Å². The molecule has 1 atom stereocenters. The molecule has 0 saturated heterocycles. The number of rotatable bonds is 3. The molecule has 0 fully saturated rings. The molecule has 1 aliphatic heterocycles. The average Bonchev–Trinajstić information content (AvgIpc) is 3.65. The Balaban J connectivity index is 1.18. The van der Waals surface area contributed by atoms with Crippen molar-refractivity contribution in [3.63, 3.8) is 0 Å². The predicted octanol–water partition coefficient (Wildman–Crippen LogP) is 11.1. The Hall–Kier alpha value is -6.13. The van der Waals surface area contributed by atoms with Gasteiger partial charge in [0.15, 0.2) is 0 Å². The molecule has 0 saturated carbocycles. The summed E-state index contributed by atoms with van der Waals surface area (Å²) in [6, 6.07) is 53.6. The van der Waals surface area contributed by atoms with Crippen molar-refractivity contribution in [2.24, 2.45) is 4.99 Å². The lowest BCUT2D eigenvalue weighted by Crippen LogP contribution is -2.24. The standard InChI is InChI=1S/C42H27N3O/c1-2-11-27(12-3-1)41-42(44-35-16-8-7-15-34(35)43-41)28-18-21-29(22-19-28)45-36-23-20-26-10-4-5-13-30(26)40(36)33-24-32-31-14-6-9-17-38(31)46-39(32)25-37(33)45/h1-25,42,44H. The summed E-state index contributed by atoms with van der Waals surface area (Å²) in [5, 5.41) is 11.0. The van der Waals surface area contributed by atoms with E-state index in [9.17, 15) is 0 Å². The van der Waals surface area contributed by atoms with Gasteiger partial charge in [-0.15, -0.1) is 0 Å². The van der Waals surface area contributed by atoms with Crippen molar-refractivity contribution in [3.8, 4) is 5.69 Å². The Bertz CT molecular complexity index is 2660. The first-order valence-electron chi connectivity index (χ1n) is 15.7. The molecule has 0 amide bonds. The highest BCUT2D eigenvalue weighted by Gasteiger charge is 2.26. The van der Waals surface area contributed by atoms with Crippen LogP contribution < -0.4 is 5.32 Å². The van der Waals surface area contributed by atoms with E-state index in [0.717, 1.165) is 61.4 Å². The van der Waals surface area contributed by atoms with Crippen molar-refractivity contribution >= 4 is 71.6 Å². The molecule has 0 spiro atoms. The molecular formula is C42H27N3O. The fourth-order valence-corrected chi connectivity index (χ4v) is 7.29. The molecule has 7 aromatic carbocycles. The average molecular weight is 590 g/mol. The molecule has 3 heterocycles. The third kappa shape index (κ3) is 3.71. The van der Waals surface area contributed by atoms with E-state index in [1.807, 2.05) is 24.3 Å². The Morgan fingerprint density at radius 2 is 1.33 bits per heavy atom. The molecule has 9 aromatic rings. The van der Waals surface area contributed by atoms with Gasteiger partial charge in [-0.2, -0.15) is 0 Å². The predicted molar refractivity (Wildman–Crippen MR) is 191 cm³/mol. The number of anilines is 1. The Labute approximate surface area is 264 Å². The van der Waals surface area contributed by atoms with Crippen LogP contribution in [0.25, 0.3) is 60.2 Å². The molecule has 1 N–H and O–H groups in total. The second-order valence-corrected chi connectivity index (χ2v) is 12.0. The monoisotopic (exact) mass is 589 g/mol. The van der Waals surface area contributed by atoms with E-state index in [-0.39, 0.29) is 6.04 Å². The largest absolute Gasteiger partial charge is 0.456 e. The van der Waals surface area contributed by atoms with Crippen molar-refractivity contribution in [1.29, 1.82) is 0 Å². The van der Waals surface area contributed by atoms with E-state index < -0.39 is 0 Å². The van der Waals surface area contributed by atoms with Crippen LogP contribution in [0.1, 0.15) is 17.2 Å². The van der Waals surface area contributed by atoms with E-state index in [1.165, 1.54) is 27.1 Å². The van der Waals surface area contributed by atoms with E-state index in [4.69, 9.17) is 9.41 Å². The van der Waals surface area contributed by atoms with E-state index >= 15 is 0 Å². The number of furan rings is 1. The van der Waals surface area contributed by atoms with E-state index in [2.05, 4.69) is 137 Å². The number of aliphatic imine (C=N–C) groups is 1. The molecular weight excluding hydrogens is 562 g/mol. The van der Waals surface area contributed by atoms with Crippen LogP contribution in [0, 0.1) is 0 Å². The number of aromatic nitrogens is 1. The number of hydrogen-bond donors (Lipinski definition) is 1. The molecule has 4 nitrogen and oxygen atoms in total. The smallest absolute Gasteiger partial charge is 0.137 e. The number of para-hydroxylation sites is 3. The normalized spacial score (nSPS) is 14.6. The maximum Gasteiger partial charge on any atom is 0.137 e. The van der Waals surface area contributed by atoms with Gasteiger partial charge in [0.1, 0.15) is 11.2 Å². The fraction of sp³-hybridized carbons (Fsp3) is 0.0238. The summed E-state index contributed by atoms with van der Waals surface area (Å²) >= 11 is 0. The van der Waals surface area contributed by atoms with Gasteiger partial charge in [-0.25, -0.2) is 4.99 Å². The molecule has 0 radical (unpaired) electrons. The van der Waals surface area contributed by atoms with E-state index in [1.54, 1.807) is 0 Å². The molecule has 46 heavy (non-hydrogen) atoms. The third-order valence-corrected chi connectivity index (χ3v) is 9.43. The van der Waals surface area contributed by atoms with Crippen molar-refractivity contribution in [2.75, 3.05) is 5.32 Å². The van der Waals surface area contributed by atoms with Gasteiger partial charge in [-0.1, -0.05) is 103 Å². The molecule has 10 rings (SSSR count). The second-order valence-electron chi connectivity index (χ2n) is 12.0. The first-order chi connectivity index (χ1) is 22.8. The highest BCUT2D eigenvalue weighted by Crippen LogP contribution is 2.42. The summed E-state index contributed by atoms with van der Waals surface area (Å²) in [5.41, 5.74) is 10.5. The first kappa shape index (κ1) is 25.2. The quantitative estimate of drug-likeness (QED) is 0.223. The minimum atomic E-state index is -0.0800. The van der Waals surface area contributed by atoms with Crippen LogP contribution in [0.15, 0.2) is 161 Å². The Kier molecular flexibility index (Phi) is 5.31. The summed E-state index contributed by atoms with van der Waals surface area (Å²) in [4.78, 5) is 5.14. The molecule has 2 aromatic heterocycles. The first-order valence-corrected chi connectivity index (χ1v) is 15.7. The summed E-state index contributed by atoms with van der Waals surface area (Å²) in [7, 11) is 0. The number of fused-ring (bicyclic) bond motifs is 9. The van der Waals surface area contributed by atoms with Crippen LogP contribution in [-0.4, -0.2) is 10.3 Å². The van der Waals surface area contributed by atoms with Gasteiger partial charge in [0, 0.05) is 33.3 Å². The second kappa shape index (κ2) is 9.68. The minimum absolute atomic E-state index is 0.0800. The zero-order valence-electron chi connectivity index (χ0n) is 24.8. The number of hydrogen-bond acceptors (Lipinski definition) is 3. The molecule has 1 aliphatic rings. The highest BCUT2D eigenvalue weighted by molar-refractivity contribution is 6.24. The van der Waals surface area contributed by atoms with Gasteiger partial charge in [-0.3, -0.25) is 0 Å². The topological polar surface area (TPSA) is 42.5 Å². The SMILES string of the molecule is c1ccc(C2=Nc3ccccc3NC2c2ccc(-n3c4cc5oc6ccccc6c5cc4c4c5ccccc5ccc43)cc2)cc1. The Morgan fingerprint density at radius 3 is 2.22 bits per heavy atom. The molecule has 1 unspecified atom stereocenters. The fourth-order valence-electron chi connectivity index (χ4n) is 7.29. The van der Waals surface area contributed by atoms with Crippen molar-refractivity contribution in [1.82, 2.24) is 4.57 Å². The minimum Gasteiger partial charge on any atom is -0.456 e. The maximum absolute atomic E-state index is 6.38.